The van der Waals surface area contributed by atoms with Gasteiger partial charge in [0.1, 0.15) is 5.75 Å². The number of nitrogens with zero attached hydrogens (tertiary/aromatic N) is 1. The number of ether oxygens (including phenoxy) is 3. The molecule has 0 bridgehead atoms. The second kappa shape index (κ2) is 13.0. The molecule has 0 fully saturated rings. The maximum atomic E-state index is 12.5. The van der Waals surface area contributed by atoms with Crippen LogP contribution in [0.5, 0.6) is 17.2 Å². The molecule has 0 saturated carbocycles. The second-order valence-electron chi connectivity index (χ2n) is 5.82. The number of rotatable bonds is 9. The summed E-state index contributed by atoms with van der Waals surface area (Å²) >= 11 is 0. The topological polar surface area (TPSA) is 64.1 Å². The fourth-order valence-corrected chi connectivity index (χ4v) is 2.58. The minimum atomic E-state index is -2.90. The summed E-state index contributed by atoms with van der Waals surface area (Å²) in [5.74, 6) is 1.73. The maximum Gasteiger partial charge on any atom is 0.387 e. The summed E-state index contributed by atoms with van der Waals surface area (Å²) in [4.78, 5) is 4.18. The number of hydrogen-bond acceptors (Lipinski definition) is 4. The lowest BCUT2D eigenvalue weighted by Gasteiger charge is -2.14. The molecule has 0 atom stereocenters. The van der Waals surface area contributed by atoms with Gasteiger partial charge in [-0.25, -0.2) is 0 Å². The molecule has 0 amide bonds. The van der Waals surface area contributed by atoms with E-state index in [-0.39, 0.29) is 35.5 Å². The molecule has 2 rings (SSSR count). The monoisotopic (exact) mass is 521 g/mol. The van der Waals surface area contributed by atoms with E-state index in [1.807, 2.05) is 30.3 Å². The first-order valence-corrected chi connectivity index (χ1v) is 8.75. The van der Waals surface area contributed by atoms with Crippen molar-refractivity contribution in [3.05, 3.63) is 53.6 Å². The summed E-state index contributed by atoms with van der Waals surface area (Å²) in [5, 5.41) is 6.41. The van der Waals surface area contributed by atoms with Crippen LogP contribution in [-0.2, 0) is 13.0 Å². The minimum Gasteiger partial charge on any atom is -0.497 e. The van der Waals surface area contributed by atoms with Crippen molar-refractivity contribution >= 4 is 29.9 Å². The molecule has 2 aromatic rings. The van der Waals surface area contributed by atoms with Gasteiger partial charge >= 0.3 is 6.61 Å². The molecule has 0 aliphatic carbocycles. The normalized spacial score (nSPS) is 10.9. The van der Waals surface area contributed by atoms with Gasteiger partial charge in [0, 0.05) is 20.1 Å². The molecule has 9 heteroatoms. The fourth-order valence-electron chi connectivity index (χ4n) is 2.58. The Kier molecular flexibility index (Phi) is 11.1. The molecular weight excluding hydrogens is 495 g/mol. The summed E-state index contributed by atoms with van der Waals surface area (Å²) < 4.78 is 39.8. The van der Waals surface area contributed by atoms with Gasteiger partial charge in [-0.1, -0.05) is 18.2 Å². The van der Waals surface area contributed by atoms with Crippen LogP contribution >= 0.6 is 24.0 Å². The summed E-state index contributed by atoms with van der Waals surface area (Å²) in [6.07, 6.45) is 0.601. The first-order chi connectivity index (χ1) is 13.5. The molecule has 0 aliphatic rings. The van der Waals surface area contributed by atoms with Gasteiger partial charge in [0.15, 0.2) is 17.5 Å². The third kappa shape index (κ3) is 8.30. The van der Waals surface area contributed by atoms with Gasteiger partial charge in [0.25, 0.3) is 0 Å². The van der Waals surface area contributed by atoms with Crippen molar-refractivity contribution in [2.24, 2.45) is 4.99 Å². The van der Waals surface area contributed by atoms with Gasteiger partial charge in [-0.2, -0.15) is 8.78 Å². The third-order valence-electron chi connectivity index (χ3n) is 3.97. The number of aliphatic imine (C=N–C) groups is 1. The minimum absolute atomic E-state index is 0. The van der Waals surface area contributed by atoms with Crippen LogP contribution in [0.2, 0.25) is 0 Å². The quantitative estimate of drug-likeness (QED) is 0.299. The van der Waals surface area contributed by atoms with Crippen LogP contribution in [0.15, 0.2) is 47.5 Å². The van der Waals surface area contributed by atoms with Crippen molar-refractivity contribution in [3.8, 4) is 17.2 Å². The first-order valence-electron chi connectivity index (χ1n) is 8.75. The van der Waals surface area contributed by atoms with E-state index in [1.54, 1.807) is 26.3 Å². The summed E-state index contributed by atoms with van der Waals surface area (Å²) in [6.45, 7) is -1.74. The van der Waals surface area contributed by atoms with E-state index in [4.69, 9.17) is 9.47 Å². The van der Waals surface area contributed by atoms with Gasteiger partial charge in [-0.05, 0) is 41.8 Å². The van der Waals surface area contributed by atoms with Crippen LogP contribution in [0.25, 0.3) is 0 Å². The molecule has 2 N–H and O–H groups in total. The smallest absolute Gasteiger partial charge is 0.387 e. The molecular formula is C20H26F2IN3O3. The van der Waals surface area contributed by atoms with Crippen molar-refractivity contribution < 1.29 is 23.0 Å². The number of methoxy groups -OCH3 is 2. The lowest BCUT2D eigenvalue weighted by molar-refractivity contribution is -0.0512. The number of benzene rings is 2. The predicted octanol–water partition coefficient (Wildman–Crippen LogP) is 3.83. The second-order valence-corrected chi connectivity index (χ2v) is 5.82. The molecule has 160 valence electrons. The van der Waals surface area contributed by atoms with Crippen LogP contribution in [-0.4, -0.2) is 40.4 Å². The molecule has 29 heavy (non-hydrogen) atoms. The third-order valence-corrected chi connectivity index (χ3v) is 3.97. The highest BCUT2D eigenvalue weighted by atomic mass is 127. The average Bonchev–Trinajstić information content (AvgIpc) is 2.70. The molecule has 0 aliphatic heterocycles. The lowest BCUT2D eigenvalue weighted by atomic mass is 10.1. The van der Waals surface area contributed by atoms with Gasteiger partial charge < -0.3 is 24.8 Å². The first kappa shape index (κ1) is 24.7. The van der Waals surface area contributed by atoms with E-state index >= 15 is 0 Å². The number of alkyl halides is 2. The number of hydrogen-bond donors (Lipinski definition) is 2. The Balaban J connectivity index is 0.00000420. The molecule has 0 spiro atoms. The van der Waals surface area contributed by atoms with Crippen molar-refractivity contribution in [1.82, 2.24) is 10.6 Å². The number of halogens is 3. The zero-order valence-corrected chi connectivity index (χ0v) is 18.9. The van der Waals surface area contributed by atoms with Crippen LogP contribution in [0.3, 0.4) is 0 Å². The molecule has 0 radical (unpaired) electrons. The van der Waals surface area contributed by atoms with E-state index in [9.17, 15) is 8.78 Å². The SMILES string of the molecule is CN=C(NCCc1ccc(OC)c(OC(F)F)c1)NCc1cccc(OC)c1.I. The summed E-state index contributed by atoms with van der Waals surface area (Å²) in [6, 6.07) is 12.7. The standard InChI is InChI=1S/C20H25F2N3O3.HI/c1-23-20(25-13-15-5-4-6-16(11-15)26-2)24-10-9-14-7-8-17(27-3)18(12-14)28-19(21)22;/h4-8,11-12,19H,9-10,13H2,1-3H3,(H2,23,24,25);1H. The zero-order valence-electron chi connectivity index (χ0n) is 16.6. The van der Waals surface area contributed by atoms with Crippen molar-refractivity contribution in [3.63, 3.8) is 0 Å². The van der Waals surface area contributed by atoms with Gasteiger partial charge in [-0.15, -0.1) is 24.0 Å². The molecule has 6 nitrogen and oxygen atoms in total. The van der Waals surface area contributed by atoms with E-state index in [1.165, 1.54) is 7.11 Å². The largest absolute Gasteiger partial charge is 0.497 e. The van der Waals surface area contributed by atoms with E-state index in [0.29, 0.717) is 25.5 Å². The molecule has 0 aromatic heterocycles. The zero-order chi connectivity index (χ0) is 20.4. The van der Waals surface area contributed by atoms with E-state index in [2.05, 4.69) is 20.4 Å². The van der Waals surface area contributed by atoms with E-state index in [0.717, 1.165) is 16.9 Å². The molecule has 0 unspecified atom stereocenters. The highest BCUT2D eigenvalue weighted by molar-refractivity contribution is 14.0. The Morgan fingerprint density at radius 1 is 1.00 bits per heavy atom. The Bertz CT molecular complexity index is 791. The van der Waals surface area contributed by atoms with Crippen LogP contribution in [0.4, 0.5) is 8.78 Å². The number of nitrogens with one attached hydrogen (secondary N) is 2. The van der Waals surface area contributed by atoms with Crippen molar-refractivity contribution in [2.75, 3.05) is 27.8 Å². The Hall–Kier alpha value is -2.30. The van der Waals surface area contributed by atoms with Gasteiger partial charge in [-0.3, -0.25) is 4.99 Å². The van der Waals surface area contributed by atoms with Gasteiger partial charge in [0.05, 0.1) is 14.2 Å². The molecule has 0 heterocycles. The Labute approximate surface area is 186 Å². The average molecular weight is 521 g/mol. The summed E-state index contributed by atoms with van der Waals surface area (Å²) in [7, 11) is 4.72. The van der Waals surface area contributed by atoms with Crippen LogP contribution in [0.1, 0.15) is 11.1 Å². The Morgan fingerprint density at radius 2 is 1.79 bits per heavy atom. The predicted molar refractivity (Wildman–Crippen MR) is 120 cm³/mol. The van der Waals surface area contributed by atoms with Gasteiger partial charge in [0.2, 0.25) is 0 Å². The molecule has 2 aromatic carbocycles. The fraction of sp³-hybridized carbons (Fsp3) is 0.350. The van der Waals surface area contributed by atoms with E-state index < -0.39 is 6.61 Å². The van der Waals surface area contributed by atoms with Crippen LogP contribution < -0.4 is 24.8 Å². The van der Waals surface area contributed by atoms with Crippen molar-refractivity contribution in [2.45, 2.75) is 19.6 Å². The lowest BCUT2D eigenvalue weighted by Crippen LogP contribution is -2.37. The Morgan fingerprint density at radius 3 is 2.45 bits per heavy atom. The van der Waals surface area contributed by atoms with Crippen LogP contribution in [0, 0.1) is 0 Å². The molecule has 0 saturated heterocycles. The highest BCUT2D eigenvalue weighted by Crippen LogP contribution is 2.29. The maximum absolute atomic E-state index is 12.5. The highest BCUT2D eigenvalue weighted by Gasteiger charge is 2.11. The summed E-state index contributed by atoms with van der Waals surface area (Å²) in [5.41, 5.74) is 1.90. The number of guanidine groups is 1. The van der Waals surface area contributed by atoms with Crippen molar-refractivity contribution in [1.29, 1.82) is 0 Å².